The Morgan fingerprint density at radius 2 is 1.67 bits per heavy atom. The zero-order valence-corrected chi connectivity index (χ0v) is 15.2. The lowest BCUT2D eigenvalue weighted by Gasteiger charge is -2.08. The van der Waals surface area contributed by atoms with Gasteiger partial charge >= 0.3 is 18.2 Å². The molecule has 4 rings (SSSR count). The summed E-state index contributed by atoms with van der Waals surface area (Å²) in [5.41, 5.74) is 0.199. The molecule has 0 aliphatic carbocycles. The van der Waals surface area contributed by atoms with Gasteiger partial charge in [0.05, 0.1) is 17.1 Å². The molecule has 0 bridgehead atoms. The van der Waals surface area contributed by atoms with Crippen molar-refractivity contribution in [2.24, 2.45) is 0 Å². The average molecular weight is 448 g/mol. The van der Waals surface area contributed by atoms with Crippen molar-refractivity contribution in [1.29, 1.82) is 0 Å². The minimum absolute atomic E-state index is 0.0158. The van der Waals surface area contributed by atoms with Gasteiger partial charge in [-0.1, -0.05) is 46.2 Å². The third-order valence-corrected chi connectivity index (χ3v) is 4.39. The summed E-state index contributed by atoms with van der Waals surface area (Å²) >= 11 is 6.01. The first-order valence-corrected chi connectivity index (χ1v) is 8.50. The van der Waals surface area contributed by atoms with Crippen molar-refractivity contribution in [2.75, 3.05) is 0 Å². The molecule has 0 spiro atoms. The number of nitrogens with zero attached hydrogens (tertiary/aromatic N) is 5. The van der Waals surface area contributed by atoms with Crippen LogP contribution in [0.25, 0.3) is 22.4 Å². The van der Waals surface area contributed by atoms with E-state index in [2.05, 4.69) is 25.0 Å². The Labute approximate surface area is 168 Å². The second-order valence-corrected chi connectivity index (χ2v) is 6.60. The van der Waals surface area contributed by atoms with Crippen molar-refractivity contribution in [3.63, 3.8) is 0 Å². The van der Waals surface area contributed by atoms with Gasteiger partial charge in [-0.3, -0.25) is 0 Å². The number of fused-ring (bicyclic) bond motifs is 1. The van der Waals surface area contributed by atoms with Gasteiger partial charge < -0.3 is 4.52 Å². The van der Waals surface area contributed by atoms with E-state index < -0.39 is 23.8 Å². The molecule has 0 amide bonds. The number of aromatic nitrogens is 5. The maximum Gasteiger partial charge on any atom is 0.471 e. The molecule has 2 heterocycles. The molecule has 0 atom stereocenters. The van der Waals surface area contributed by atoms with Crippen LogP contribution in [0.3, 0.4) is 0 Å². The standard InChI is InChI=1S/C17H8ClF6N5O/c18-11-5-10(16(19,20)21)6-12-13(11)29(28-26-12)7-8-1-3-9(4-2-8)14-25-15(30-27-14)17(22,23)24/h1-6H,7H2. The molecule has 13 heteroatoms. The van der Waals surface area contributed by atoms with Gasteiger partial charge in [0.25, 0.3) is 0 Å². The predicted molar refractivity (Wildman–Crippen MR) is 91.4 cm³/mol. The largest absolute Gasteiger partial charge is 0.471 e. The smallest absolute Gasteiger partial charge is 0.329 e. The van der Waals surface area contributed by atoms with Gasteiger partial charge in [0, 0.05) is 5.56 Å². The van der Waals surface area contributed by atoms with Crippen LogP contribution in [-0.2, 0) is 18.9 Å². The van der Waals surface area contributed by atoms with Crippen LogP contribution in [0, 0.1) is 0 Å². The second kappa shape index (κ2) is 6.97. The average Bonchev–Trinajstić information content (AvgIpc) is 3.29. The van der Waals surface area contributed by atoms with Gasteiger partial charge in [0.2, 0.25) is 5.82 Å². The van der Waals surface area contributed by atoms with Crippen LogP contribution >= 0.6 is 11.6 Å². The van der Waals surface area contributed by atoms with Crippen LogP contribution in [0.1, 0.15) is 17.0 Å². The Bertz CT molecular complexity index is 1210. The molecule has 0 saturated heterocycles. The molecule has 6 nitrogen and oxygen atoms in total. The maximum atomic E-state index is 12.9. The monoisotopic (exact) mass is 447 g/mol. The van der Waals surface area contributed by atoms with E-state index in [0.29, 0.717) is 5.56 Å². The molecule has 30 heavy (non-hydrogen) atoms. The minimum atomic E-state index is -4.75. The summed E-state index contributed by atoms with van der Waals surface area (Å²) < 4.78 is 81.9. The van der Waals surface area contributed by atoms with Crippen molar-refractivity contribution < 1.29 is 30.9 Å². The van der Waals surface area contributed by atoms with Crippen molar-refractivity contribution in [3.05, 3.63) is 58.4 Å². The fraction of sp³-hybridized carbons (Fsp3) is 0.176. The summed E-state index contributed by atoms with van der Waals surface area (Å²) in [4.78, 5) is 3.30. The lowest BCUT2D eigenvalue weighted by atomic mass is 10.1. The Balaban J connectivity index is 1.59. The highest BCUT2D eigenvalue weighted by Crippen LogP contribution is 2.35. The number of hydrogen-bond donors (Lipinski definition) is 0. The molecule has 2 aromatic carbocycles. The molecule has 0 unspecified atom stereocenters. The molecule has 156 valence electrons. The van der Waals surface area contributed by atoms with Crippen molar-refractivity contribution >= 4 is 22.6 Å². The summed E-state index contributed by atoms with van der Waals surface area (Å²) in [5.74, 6) is -1.69. The molecule has 4 aromatic rings. The fourth-order valence-electron chi connectivity index (χ4n) is 2.73. The molecular weight excluding hydrogens is 440 g/mol. The normalized spacial score (nSPS) is 12.6. The van der Waals surface area contributed by atoms with Gasteiger partial charge in [-0.25, -0.2) is 4.68 Å². The predicted octanol–water partition coefficient (Wildman–Crippen LogP) is 5.22. The zero-order valence-electron chi connectivity index (χ0n) is 14.5. The quantitative estimate of drug-likeness (QED) is 0.403. The van der Waals surface area contributed by atoms with Crippen molar-refractivity contribution in [3.8, 4) is 11.4 Å². The maximum absolute atomic E-state index is 12.9. The van der Waals surface area contributed by atoms with Crippen LogP contribution in [0.5, 0.6) is 0 Å². The SMILES string of the molecule is FC(F)(F)c1cc(Cl)c2c(c1)nnn2Cc1ccc(-c2noc(C(F)(F)F)n2)cc1. The van der Waals surface area contributed by atoms with E-state index in [-0.39, 0.29) is 34.0 Å². The van der Waals surface area contributed by atoms with Gasteiger partial charge in [0.15, 0.2) is 0 Å². The zero-order chi connectivity index (χ0) is 21.7. The molecule has 0 aliphatic heterocycles. The topological polar surface area (TPSA) is 69.6 Å². The number of rotatable bonds is 3. The van der Waals surface area contributed by atoms with Gasteiger partial charge in [0.1, 0.15) is 11.0 Å². The van der Waals surface area contributed by atoms with Crippen LogP contribution < -0.4 is 0 Å². The molecule has 0 radical (unpaired) electrons. The van der Waals surface area contributed by atoms with E-state index in [1.54, 1.807) is 12.1 Å². The molecule has 0 fully saturated rings. The Kier molecular flexibility index (Phi) is 4.68. The van der Waals surface area contributed by atoms with E-state index >= 15 is 0 Å². The van der Waals surface area contributed by atoms with E-state index in [0.717, 1.165) is 12.1 Å². The highest BCUT2D eigenvalue weighted by atomic mass is 35.5. The highest BCUT2D eigenvalue weighted by molar-refractivity contribution is 6.35. The first kappa shape index (κ1) is 20.1. The van der Waals surface area contributed by atoms with Crippen LogP contribution in [0.4, 0.5) is 26.3 Å². The van der Waals surface area contributed by atoms with Crippen molar-refractivity contribution in [2.45, 2.75) is 18.9 Å². The van der Waals surface area contributed by atoms with E-state index in [9.17, 15) is 26.3 Å². The van der Waals surface area contributed by atoms with Gasteiger partial charge in [-0.15, -0.1) is 5.10 Å². The van der Waals surface area contributed by atoms with Crippen LogP contribution in [0.2, 0.25) is 5.02 Å². The summed E-state index contributed by atoms with van der Waals surface area (Å²) in [7, 11) is 0. The van der Waals surface area contributed by atoms with Crippen LogP contribution in [0.15, 0.2) is 40.9 Å². The summed E-state index contributed by atoms with van der Waals surface area (Å²) in [6.45, 7) is 0.113. The highest BCUT2D eigenvalue weighted by Gasteiger charge is 2.38. The van der Waals surface area contributed by atoms with E-state index in [1.807, 2.05) is 0 Å². The third-order valence-electron chi connectivity index (χ3n) is 4.10. The Morgan fingerprint density at radius 1 is 0.967 bits per heavy atom. The molecule has 2 aromatic heterocycles. The van der Waals surface area contributed by atoms with E-state index in [1.165, 1.54) is 16.8 Å². The minimum Gasteiger partial charge on any atom is -0.329 e. The first-order chi connectivity index (χ1) is 14.0. The number of alkyl halides is 6. The molecular formula is C17H8ClF6N5O. The number of halogens is 7. The van der Waals surface area contributed by atoms with Gasteiger partial charge in [-0.2, -0.15) is 31.3 Å². The summed E-state index contributed by atoms with van der Waals surface area (Å²) in [6, 6.07) is 7.74. The first-order valence-electron chi connectivity index (χ1n) is 8.12. The summed E-state index contributed by atoms with van der Waals surface area (Å²) in [6.07, 6.45) is -9.32. The lowest BCUT2D eigenvalue weighted by molar-refractivity contribution is -0.159. The number of benzene rings is 2. The molecule has 0 N–H and O–H groups in total. The fourth-order valence-corrected chi connectivity index (χ4v) is 3.04. The Hall–Kier alpha value is -3.15. The number of hydrogen-bond acceptors (Lipinski definition) is 5. The second-order valence-electron chi connectivity index (χ2n) is 6.19. The Morgan fingerprint density at radius 3 is 2.27 bits per heavy atom. The lowest BCUT2D eigenvalue weighted by Crippen LogP contribution is -2.06. The summed E-state index contributed by atoms with van der Waals surface area (Å²) in [5, 5.41) is 10.7. The third kappa shape index (κ3) is 3.82. The van der Waals surface area contributed by atoms with Gasteiger partial charge in [-0.05, 0) is 17.7 Å². The van der Waals surface area contributed by atoms with Crippen molar-refractivity contribution in [1.82, 2.24) is 25.1 Å². The van der Waals surface area contributed by atoms with E-state index in [4.69, 9.17) is 11.6 Å². The molecule has 0 aliphatic rings. The van der Waals surface area contributed by atoms with Crippen LogP contribution in [-0.4, -0.2) is 25.1 Å². The molecule has 0 saturated carbocycles.